The number of fused-ring (bicyclic) bond motifs is 2. The van der Waals surface area contributed by atoms with Gasteiger partial charge in [0.2, 0.25) is 11.9 Å². The fourth-order valence-electron chi connectivity index (χ4n) is 3.56. The van der Waals surface area contributed by atoms with E-state index < -0.39 is 5.41 Å². The lowest BCUT2D eigenvalue weighted by molar-refractivity contribution is -0.119. The van der Waals surface area contributed by atoms with Gasteiger partial charge in [0, 0.05) is 23.5 Å². The highest BCUT2D eigenvalue weighted by Crippen LogP contribution is 2.39. The van der Waals surface area contributed by atoms with Crippen LogP contribution in [0.1, 0.15) is 38.7 Å². The summed E-state index contributed by atoms with van der Waals surface area (Å²) in [6.45, 7) is 3.85. The Hall–Kier alpha value is -3.09. The van der Waals surface area contributed by atoms with Crippen molar-refractivity contribution in [1.29, 1.82) is 0 Å². The molecule has 1 amide bonds. The summed E-state index contributed by atoms with van der Waals surface area (Å²) in [5.41, 5.74) is 3.56. The molecule has 2 aliphatic rings. The van der Waals surface area contributed by atoms with Gasteiger partial charge in [-0.2, -0.15) is 4.98 Å². The molecule has 1 aliphatic carbocycles. The highest BCUT2D eigenvalue weighted by Gasteiger charge is 2.38. The van der Waals surface area contributed by atoms with Gasteiger partial charge in [0.1, 0.15) is 5.52 Å². The molecule has 7 heteroatoms. The number of nitrogens with zero attached hydrogens (tertiary/aromatic N) is 2. The number of carbonyl (C=O) groups excluding carboxylic acids is 1. The third kappa shape index (κ3) is 2.61. The summed E-state index contributed by atoms with van der Waals surface area (Å²) in [7, 11) is 0. The minimum Gasteiger partial charge on any atom is -0.459 e. The van der Waals surface area contributed by atoms with Gasteiger partial charge in [-0.05, 0) is 50.8 Å². The number of carbonyl (C=O) groups is 1. The standard InChI is InChI=1S/C20H21N5O2/c1-20(2)13-7-6-12(10-15(13)23-18(20)26)22-19-24-14-8-9-27-16(14)17(25-19)21-11-4-3-5-11/h6-11H,3-5H2,1-2H3,(H,23,26)(H2,21,22,24,25). The van der Waals surface area contributed by atoms with Crippen molar-refractivity contribution < 1.29 is 9.21 Å². The summed E-state index contributed by atoms with van der Waals surface area (Å²) in [6, 6.07) is 8.12. The molecule has 0 unspecified atom stereocenters. The van der Waals surface area contributed by atoms with Gasteiger partial charge in [0.05, 0.1) is 11.7 Å². The summed E-state index contributed by atoms with van der Waals surface area (Å²) in [5.74, 6) is 1.22. The van der Waals surface area contributed by atoms with Crippen LogP contribution in [0.3, 0.4) is 0 Å². The van der Waals surface area contributed by atoms with E-state index in [-0.39, 0.29) is 5.91 Å². The molecule has 2 aromatic heterocycles. The SMILES string of the molecule is CC1(C)C(=O)Nc2cc(Nc3nc(NC4CCC4)c4occc4n3)ccc21. The van der Waals surface area contributed by atoms with Crippen LogP contribution in [0.4, 0.5) is 23.1 Å². The molecule has 0 saturated heterocycles. The number of hydrogen-bond donors (Lipinski definition) is 3. The second kappa shape index (κ2) is 5.70. The zero-order valence-electron chi connectivity index (χ0n) is 15.3. The lowest BCUT2D eigenvalue weighted by Gasteiger charge is -2.26. The van der Waals surface area contributed by atoms with E-state index in [0.29, 0.717) is 23.4 Å². The van der Waals surface area contributed by atoms with Gasteiger partial charge in [0.25, 0.3) is 0 Å². The van der Waals surface area contributed by atoms with Crippen LogP contribution in [0, 0.1) is 0 Å². The number of benzene rings is 1. The quantitative estimate of drug-likeness (QED) is 0.645. The van der Waals surface area contributed by atoms with Crippen LogP contribution in [0.5, 0.6) is 0 Å². The van der Waals surface area contributed by atoms with Crippen molar-refractivity contribution in [3.63, 3.8) is 0 Å². The molecule has 0 spiro atoms. The molecule has 1 aliphatic heterocycles. The average molecular weight is 363 g/mol. The van der Waals surface area contributed by atoms with Gasteiger partial charge in [0.15, 0.2) is 11.4 Å². The van der Waals surface area contributed by atoms with E-state index in [1.807, 2.05) is 38.1 Å². The second-order valence-electron chi connectivity index (χ2n) is 7.77. The van der Waals surface area contributed by atoms with Gasteiger partial charge in [-0.15, -0.1) is 0 Å². The van der Waals surface area contributed by atoms with Crippen LogP contribution in [0.25, 0.3) is 11.1 Å². The molecule has 0 radical (unpaired) electrons. The normalized spacial score (nSPS) is 18.1. The van der Waals surface area contributed by atoms with Gasteiger partial charge < -0.3 is 20.4 Å². The fourth-order valence-corrected chi connectivity index (χ4v) is 3.56. The molecule has 0 bridgehead atoms. The summed E-state index contributed by atoms with van der Waals surface area (Å²) in [5, 5.41) is 9.65. The van der Waals surface area contributed by atoms with Gasteiger partial charge >= 0.3 is 0 Å². The zero-order chi connectivity index (χ0) is 18.6. The molecule has 138 valence electrons. The Morgan fingerprint density at radius 2 is 2.07 bits per heavy atom. The first kappa shape index (κ1) is 16.1. The van der Waals surface area contributed by atoms with Crippen molar-refractivity contribution in [1.82, 2.24) is 9.97 Å². The first-order valence-electron chi connectivity index (χ1n) is 9.25. The van der Waals surface area contributed by atoms with Crippen LogP contribution >= 0.6 is 0 Å². The Balaban J connectivity index is 1.46. The first-order chi connectivity index (χ1) is 13.0. The molecule has 0 atom stereocenters. The zero-order valence-corrected chi connectivity index (χ0v) is 15.3. The molecular weight excluding hydrogens is 342 g/mol. The van der Waals surface area contributed by atoms with Crippen molar-refractivity contribution in [2.75, 3.05) is 16.0 Å². The topological polar surface area (TPSA) is 92.1 Å². The van der Waals surface area contributed by atoms with E-state index in [9.17, 15) is 4.79 Å². The smallest absolute Gasteiger partial charge is 0.234 e. The van der Waals surface area contributed by atoms with Crippen molar-refractivity contribution in [2.24, 2.45) is 0 Å². The van der Waals surface area contributed by atoms with E-state index >= 15 is 0 Å². The van der Waals surface area contributed by atoms with Crippen LogP contribution in [-0.2, 0) is 10.2 Å². The molecule has 27 heavy (non-hydrogen) atoms. The Morgan fingerprint density at radius 3 is 2.85 bits per heavy atom. The first-order valence-corrected chi connectivity index (χ1v) is 9.25. The maximum atomic E-state index is 12.1. The lowest BCUT2D eigenvalue weighted by Crippen LogP contribution is -2.27. The molecule has 1 aromatic carbocycles. The highest BCUT2D eigenvalue weighted by molar-refractivity contribution is 6.06. The Labute approximate surface area is 156 Å². The van der Waals surface area contributed by atoms with Crippen molar-refractivity contribution in [3.05, 3.63) is 36.1 Å². The summed E-state index contributed by atoms with van der Waals surface area (Å²) < 4.78 is 5.56. The average Bonchev–Trinajstić information content (AvgIpc) is 3.14. The maximum Gasteiger partial charge on any atom is 0.234 e. The molecular formula is C20H21N5O2. The monoisotopic (exact) mass is 363 g/mol. The van der Waals surface area contributed by atoms with Crippen LogP contribution in [0.15, 0.2) is 34.9 Å². The van der Waals surface area contributed by atoms with Crippen LogP contribution < -0.4 is 16.0 Å². The number of amides is 1. The van der Waals surface area contributed by atoms with Crippen molar-refractivity contribution >= 4 is 40.1 Å². The summed E-state index contributed by atoms with van der Waals surface area (Å²) >= 11 is 0. The Bertz CT molecular complexity index is 1050. The molecule has 3 heterocycles. The molecule has 3 aromatic rings. The summed E-state index contributed by atoms with van der Waals surface area (Å²) in [4.78, 5) is 21.3. The summed E-state index contributed by atoms with van der Waals surface area (Å²) in [6.07, 6.45) is 5.17. The molecule has 5 rings (SSSR count). The third-order valence-corrected chi connectivity index (χ3v) is 5.51. The van der Waals surface area contributed by atoms with E-state index in [1.165, 1.54) is 6.42 Å². The van der Waals surface area contributed by atoms with Crippen LogP contribution in [-0.4, -0.2) is 21.9 Å². The van der Waals surface area contributed by atoms with Gasteiger partial charge in [-0.3, -0.25) is 4.79 Å². The minimum absolute atomic E-state index is 0.0118. The highest BCUT2D eigenvalue weighted by atomic mass is 16.3. The van der Waals surface area contributed by atoms with Crippen molar-refractivity contribution in [3.8, 4) is 0 Å². The molecule has 1 fully saturated rings. The van der Waals surface area contributed by atoms with Crippen LogP contribution in [0.2, 0.25) is 0 Å². The second-order valence-corrected chi connectivity index (χ2v) is 7.77. The third-order valence-electron chi connectivity index (χ3n) is 5.51. The largest absolute Gasteiger partial charge is 0.459 e. The number of rotatable bonds is 4. The number of hydrogen-bond acceptors (Lipinski definition) is 6. The Kier molecular flexibility index (Phi) is 3.40. The van der Waals surface area contributed by atoms with E-state index in [4.69, 9.17) is 4.42 Å². The number of aromatic nitrogens is 2. The predicted molar refractivity (Wildman–Crippen MR) is 104 cm³/mol. The maximum absolute atomic E-state index is 12.1. The van der Waals surface area contributed by atoms with E-state index in [1.54, 1.807) is 6.26 Å². The number of furan rings is 1. The molecule has 3 N–H and O–H groups in total. The number of anilines is 4. The number of nitrogens with one attached hydrogen (secondary N) is 3. The molecule has 7 nitrogen and oxygen atoms in total. The lowest BCUT2D eigenvalue weighted by atomic mass is 9.86. The van der Waals surface area contributed by atoms with Gasteiger partial charge in [-0.1, -0.05) is 6.07 Å². The van der Waals surface area contributed by atoms with E-state index in [2.05, 4.69) is 25.9 Å². The van der Waals surface area contributed by atoms with Gasteiger partial charge in [-0.25, -0.2) is 4.98 Å². The Morgan fingerprint density at radius 1 is 1.22 bits per heavy atom. The fraction of sp³-hybridized carbons (Fsp3) is 0.350. The van der Waals surface area contributed by atoms with E-state index in [0.717, 1.165) is 35.3 Å². The molecule has 1 saturated carbocycles. The van der Waals surface area contributed by atoms with Crippen molar-refractivity contribution in [2.45, 2.75) is 44.6 Å². The predicted octanol–water partition coefficient (Wildman–Crippen LogP) is 4.16. The minimum atomic E-state index is -0.514.